The molecule has 0 fully saturated rings. The molecule has 0 N–H and O–H groups in total. The zero-order chi connectivity index (χ0) is 13.0. The number of rotatable bonds is 4. The molecule has 2 rings (SSSR count). The van der Waals surface area contributed by atoms with Crippen molar-refractivity contribution in [2.75, 3.05) is 7.11 Å². The van der Waals surface area contributed by atoms with Crippen molar-refractivity contribution in [2.24, 2.45) is 0 Å². The Hall–Kier alpha value is -1.38. The molecular formula is C14H12Cl2O2. The Bertz CT molecular complexity index is 541. The zero-order valence-electron chi connectivity index (χ0n) is 9.82. The van der Waals surface area contributed by atoms with Gasteiger partial charge in [-0.1, -0.05) is 29.8 Å². The number of ether oxygens (including phenoxy) is 2. The number of benzene rings is 2. The molecular weight excluding hydrogens is 271 g/mol. The van der Waals surface area contributed by atoms with Crippen LogP contribution in [0.1, 0.15) is 5.56 Å². The van der Waals surface area contributed by atoms with Gasteiger partial charge < -0.3 is 9.47 Å². The molecule has 0 unspecified atom stereocenters. The first kappa shape index (κ1) is 13.1. The maximum Gasteiger partial charge on any atom is 0.169 e. The van der Waals surface area contributed by atoms with Crippen molar-refractivity contribution in [1.82, 2.24) is 0 Å². The van der Waals surface area contributed by atoms with E-state index in [0.717, 1.165) is 5.56 Å². The van der Waals surface area contributed by atoms with Gasteiger partial charge in [-0.15, -0.1) is 11.6 Å². The number of hydrogen-bond acceptors (Lipinski definition) is 2. The van der Waals surface area contributed by atoms with Crippen molar-refractivity contribution in [2.45, 2.75) is 5.88 Å². The van der Waals surface area contributed by atoms with E-state index in [-0.39, 0.29) is 0 Å². The molecule has 2 aromatic rings. The average Bonchev–Trinajstić information content (AvgIpc) is 2.39. The first-order valence-electron chi connectivity index (χ1n) is 5.40. The van der Waals surface area contributed by atoms with Crippen molar-refractivity contribution >= 4 is 23.2 Å². The lowest BCUT2D eigenvalue weighted by atomic mass is 10.2. The second-order valence-electron chi connectivity index (χ2n) is 3.64. The predicted molar refractivity (Wildman–Crippen MR) is 74.1 cm³/mol. The molecule has 94 valence electrons. The molecule has 0 saturated carbocycles. The number of methoxy groups -OCH3 is 1. The van der Waals surface area contributed by atoms with Crippen molar-refractivity contribution in [3.63, 3.8) is 0 Å². The van der Waals surface area contributed by atoms with Gasteiger partial charge in [-0.2, -0.15) is 0 Å². The fraction of sp³-hybridized carbons (Fsp3) is 0.143. The van der Waals surface area contributed by atoms with Gasteiger partial charge in [0, 0.05) is 10.9 Å². The summed E-state index contributed by atoms with van der Waals surface area (Å²) in [5.74, 6) is 2.36. The van der Waals surface area contributed by atoms with Crippen LogP contribution in [0.4, 0.5) is 0 Å². The molecule has 18 heavy (non-hydrogen) atoms. The number of alkyl halides is 1. The highest BCUT2D eigenvalue weighted by Crippen LogP contribution is 2.32. The third kappa shape index (κ3) is 2.89. The molecule has 0 aliphatic heterocycles. The fourth-order valence-electron chi connectivity index (χ4n) is 1.53. The van der Waals surface area contributed by atoms with Crippen molar-refractivity contribution in [3.8, 4) is 17.2 Å². The Kier molecular flexibility index (Phi) is 4.34. The van der Waals surface area contributed by atoms with Gasteiger partial charge in [-0.05, 0) is 29.8 Å². The molecule has 0 heterocycles. The number of para-hydroxylation sites is 2. The van der Waals surface area contributed by atoms with E-state index in [1.54, 1.807) is 13.2 Å². The van der Waals surface area contributed by atoms with Crippen LogP contribution < -0.4 is 9.47 Å². The molecule has 0 radical (unpaired) electrons. The molecule has 0 aromatic heterocycles. The fourth-order valence-corrected chi connectivity index (χ4v) is 2.07. The second-order valence-corrected chi connectivity index (χ2v) is 4.31. The molecule has 2 aromatic carbocycles. The molecule has 0 aliphatic rings. The van der Waals surface area contributed by atoms with Gasteiger partial charge in [0.25, 0.3) is 0 Å². The Morgan fingerprint density at radius 2 is 1.78 bits per heavy atom. The smallest absolute Gasteiger partial charge is 0.169 e. The van der Waals surface area contributed by atoms with E-state index in [2.05, 4.69) is 0 Å². The highest BCUT2D eigenvalue weighted by molar-refractivity contribution is 6.32. The minimum Gasteiger partial charge on any atom is -0.493 e. The van der Waals surface area contributed by atoms with Gasteiger partial charge in [0.1, 0.15) is 5.75 Å². The lowest BCUT2D eigenvalue weighted by Crippen LogP contribution is -1.90. The van der Waals surface area contributed by atoms with E-state index in [1.165, 1.54) is 0 Å². The van der Waals surface area contributed by atoms with Gasteiger partial charge in [0.15, 0.2) is 11.5 Å². The van der Waals surface area contributed by atoms with E-state index in [9.17, 15) is 0 Å². The molecule has 0 aliphatic carbocycles. The van der Waals surface area contributed by atoms with Crippen LogP contribution in [-0.2, 0) is 5.88 Å². The molecule has 0 saturated heterocycles. The Balaban J connectivity index is 2.26. The largest absolute Gasteiger partial charge is 0.493 e. The molecule has 0 spiro atoms. The minimum atomic E-state index is 0.383. The highest BCUT2D eigenvalue weighted by Gasteiger charge is 2.06. The molecule has 4 heteroatoms. The second kappa shape index (κ2) is 5.98. The van der Waals surface area contributed by atoms with Crippen LogP contribution in [-0.4, -0.2) is 7.11 Å². The van der Waals surface area contributed by atoms with Crippen molar-refractivity contribution in [1.29, 1.82) is 0 Å². The van der Waals surface area contributed by atoms with E-state index in [4.69, 9.17) is 32.7 Å². The standard InChI is InChI=1S/C14H12Cl2O2/c1-17-13-4-2-3-5-14(13)18-11-7-6-10(9-15)12(16)8-11/h2-8H,9H2,1H3. The molecule has 0 amide bonds. The topological polar surface area (TPSA) is 18.5 Å². The van der Waals surface area contributed by atoms with Gasteiger partial charge in [0.05, 0.1) is 7.11 Å². The summed E-state index contributed by atoms with van der Waals surface area (Å²) in [6.07, 6.45) is 0. The van der Waals surface area contributed by atoms with Crippen LogP contribution >= 0.6 is 23.2 Å². The Morgan fingerprint density at radius 1 is 1.06 bits per heavy atom. The summed E-state index contributed by atoms with van der Waals surface area (Å²) in [5, 5.41) is 0.595. The van der Waals surface area contributed by atoms with Crippen LogP contribution in [0.5, 0.6) is 17.2 Å². The first-order valence-corrected chi connectivity index (χ1v) is 6.31. The zero-order valence-corrected chi connectivity index (χ0v) is 11.3. The predicted octanol–water partition coefficient (Wildman–Crippen LogP) is 4.88. The van der Waals surface area contributed by atoms with Gasteiger partial charge >= 0.3 is 0 Å². The summed E-state index contributed by atoms with van der Waals surface area (Å²) in [7, 11) is 1.60. The Labute approximate surface area is 116 Å². The van der Waals surface area contributed by atoms with Gasteiger partial charge in [-0.25, -0.2) is 0 Å². The Morgan fingerprint density at radius 3 is 2.39 bits per heavy atom. The molecule has 0 atom stereocenters. The van der Waals surface area contributed by atoms with Crippen molar-refractivity contribution in [3.05, 3.63) is 53.1 Å². The SMILES string of the molecule is COc1ccccc1Oc1ccc(CCl)c(Cl)c1. The summed E-state index contributed by atoms with van der Waals surface area (Å²) >= 11 is 11.8. The number of halogens is 2. The quantitative estimate of drug-likeness (QED) is 0.744. The molecule has 2 nitrogen and oxygen atoms in total. The summed E-state index contributed by atoms with van der Waals surface area (Å²) < 4.78 is 10.9. The van der Waals surface area contributed by atoms with Gasteiger partial charge in [-0.3, -0.25) is 0 Å². The van der Waals surface area contributed by atoms with E-state index < -0.39 is 0 Å². The monoisotopic (exact) mass is 282 g/mol. The normalized spacial score (nSPS) is 10.2. The van der Waals surface area contributed by atoms with Crippen LogP contribution in [0.3, 0.4) is 0 Å². The minimum absolute atomic E-state index is 0.383. The third-order valence-corrected chi connectivity index (χ3v) is 3.11. The molecule has 0 bridgehead atoms. The first-order chi connectivity index (χ1) is 8.74. The lowest BCUT2D eigenvalue weighted by molar-refractivity contribution is 0.379. The van der Waals surface area contributed by atoms with E-state index in [1.807, 2.05) is 36.4 Å². The average molecular weight is 283 g/mol. The summed E-state index contributed by atoms with van der Waals surface area (Å²) in [6, 6.07) is 12.9. The van der Waals surface area contributed by atoms with Crippen LogP contribution in [0.15, 0.2) is 42.5 Å². The van der Waals surface area contributed by atoms with E-state index >= 15 is 0 Å². The maximum absolute atomic E-state index is 6.07. The summed E-state index contributed by atoms with van der Waals surface area (Å²) in [6.45, 7) is 0. The van der Waals surface area contributed by atoms with Gasteiger partial charge in [0.2, 0.25) is 0 Å². The summed E-state index contributed by atoms with van der Waals surface area (Å²) in [4.78, 5) is 0. The number of hydrogen-bond donors (Lipinski definition) is 0. The third-order valence-electron chi connectivity index (χ3n) is 2.47. The van der Waals surface area contributed by atoms with Crippen LogP contribution in [0.25, 0.3) is 0 Å². The van der Waals surface area contributed by atoms with Crippen molar-refractivity contribution < 1.29 is 9.47 Å². The van der Waals surface area contributed by atoms with Crippen LogP contribution in [0, 0.1) is 0 Å². The lowest BCUT2D eigenvalue weighted by Gasteiger charge is -2.10. The highest BCUT2D eigenvalue weighted by atomic mass is 35.5. The van der Waals surface area contributed by atoms with Crippen LogP contribution in [0.2, 0.25) is 5.02 Å². The summed E-state index contributed by atoms with van der Waals surface area (Å²) in [5.41, 5.74) is 0.880. The maximum atomic E-state index is 6.07. The van der Waals surface area contributed by atoms with E-state index in [0.29, 0.717) is 28.2 Å².